The van der Waals surface area contributed by atoms with E-state index in [0.717, 1.165) is 36.8 Å². The summed E-state index contributed by atoms with van der Waals surface area (Å²) in [5, 5.41) is 0. The number of halogens is 6. The molecule has 266 valence electrons. The van der Waals surface area contributed by atoms with Crippen molar-refractivity contribution in [2.24, 2.45) is 0 Å². The molecule has 6 nitrogen and oxygen atoms in total. The molecular formula is C34H44Cl6N2O4Pt. The summed E-state index contributed by atoms with van der Waals surface area (Å²) in [5.41, 5.74) is 2.62. The molecule has 13 heteroatoms. The van der Waals surface area contributed by atoms with Gasteiger partial charge in [-0.3, -0.25) is 0 Å². The second kappa shape index (κ2) is 15.2. The SMILES string of the molecule is C=C(C(=O)OC1C[C@H]2CC[C@@H](C1)[NH+]2C)c1ccccc1.C=C(C(=O)OC1C[C@H]2CC[C@@H](C1)[NH+]2C)c1ccccc1.[Cl][Pt-2]([Cl])([Cl])([Cl])([Cl])[Cl]. The van der Waals surface area contributed by atoms with Gasteiger partial charge in [0.15, 0.2) is 0 Å². The van der Waals surface area contributed by atoms with Crippen molar-refractivity contribution in [3.05, 3.63) is 84.9 Å². The summed E-state index contributed by atoms with van der Waals surface area (Å²) in [5.74, 6) is -0.527. The monoisotopic (exact) mass is 949 g/mol. The zero-order valence-corrected chi connectivity index (χ0v) is 33.3. The fourth-order valence-electron chi connectivity index (χ4n) is 7.21. The molecule has 8 atom stereocenters. The van der Waals surface area contributed by atoms with Crippen LogP contribution in [-0.2, 0) is 26.4 Å². The van der Waals surface area contributed by atoms with Gasteiger partial charge in [-0.2, -0.15) is 0 Å². The number of benzene rings is 2. The summed E-state index contributed by atoms with van der Waals surface area (Å²) in [7, 11) is 29.6. The van der Waals surface area contributed by atoms with Gasteiger partial charge in [-0.05, 0) is 11.1 Å². The maximum absolute atomic E-state index is 12.2. The molecule has 2 aromatic rings. The van der Waals surface area contributed by atoms with Crippen LogP contribution in [0.25, 0.3) is 11.1 Å². The predicted octanol–water partition coefficient (Wildman–Crippen LogP) is 7.04. The first-order chi connectivity index (χ1) is 21.7. The van der Waals surface area contributed by atoms with Crippen molar-refractivity contribution >= 4 is 79.6 Å². The van der Waals surface area contributed by atoms with Crippen molar-refractivity contribution in [2.45, 2.75) is 87.7 Å². The predicted molar refractivity (Wildman–Crippen MR) is 192 cm³/mol. The fraction of sp³-hybridized carbons (Fsp3) is 0.471. The Bertz CT molecular complexity index is 1310. The normalized spacial score (nSPS) is 30.6. The average Bonchev–Trinajstić information content (AvgIpc) is 3.32. The third-order valence-corrected chi connectivity index (χ3v) is 9.78. The Morgan fingerprint density at radius 3 is 1.11 bits per heavy atom. The van der Waals surface area contributed by atoms with Crippen LogP contribution in [0.5, 0.6) is 0 Å². The molecule has 0 saturated carbocycles. The van der Waals surface area contributed by atoms with Crippen LogP contribution in [-0.4, -0.2) is 62.4 Å². The Labute approximate surface area is 300 Å². The molecule has 47 heavy (non-hydrogen) atoms. The number of rotatable bonds is 6. The Balaban J connectivity index is 0.000000178. The van der Waals surface area contributed by atoms with Gasteiger partial charge in [-0.25, -0.2) is 9.59 Å². The topological polar surface area (TPSA) is 61.5 Å². The van der Waals surface area contributed by atoms with Crippen molar-refractivity contribution < 1.29 is 36.2 Å². The van der Waals surface area contributed by atoms with Crippen LogP contribution in [0.2, 0.25) is 0 Å². The summed E-state index contributed by atoms with van der Waals surface area (Å²) in [6, 6.07) is 21.7. The number of carbonyl (C=O) groups excluding carboxylic acids is 2. The summed E-state index contributed by atoms with van der Waals surface area (Å²) in [6.07, 6.45) is 9.20. The van der Waals surface area contributed by atoms with E-state index in [2.05, 4.69) is 27.3 Å². The van der Waals surface area contributed by atoms with E-state index in [-0.39, 0.29) is 24.1 Å². The number of hydrogen-bond donors (Lipinski definition) is 2. The second-order valence-corrected chi connectivity index (χ2v) is 62.0. The Hall–Kier alpha value is -0.792. The summed E-state index contributed by atoms with van der Waals surface area (Å²) in [6.45, 7) is 7.76. The summed E-state index contributed by atoms with van der Waals surface area (Å²) >= 11 is 0. The molecule has 0 aromatic heterocycles. The van der Waals surface area contributed by atoms with Crippen molar-refractivity contribution in [2.75, 3.05) is 14.1 Å². The molecule has 4 aliphatic heterocycles. The molecule has 0 aliphatic carbocycles. The van der Waals surface area contributed by atoms with Gasteiger partial charge in [0.2, 0.25) is 0 Å². The van der Waals surface area contributed by atoms with Crippen molar-refractivity contribution in [1.29, 1.82) is 0 Å². The number of piperidine rings is 2. The minimum atomic E-state index is -5.29. The van der Waals surface area contributed by atoms with Crippen LogP contribution in [0.4, 0.5) is 0 Å². The van der Waals surface area contributed by atoms with Gasteiger partial charge < -0.3 is 19.3 Å². The molecule has 2 aromatic carbocycles. The zero-order valence-electron chi connectivity index (χ0n) is 26.5. The molecule has 6 rings (SSSR count). The number of fused-ring (bicyclic) bond motifs is 4. The number of carbonyl (C=O) groups is 2. The first kappa shape index (κ1) is 39.0. The number of nitrogens with one attached hydrogen (secondary N) is 2. The molecular weight excluding hydrogens is 908 g/mol. The molecule has 0 amide bonds. The van der Waals surface area contributed by atoms with Crippen LogP contribution in [0, 0.1) is 0 Å². The molecule has 4 unspecified atom stereocenters. The fourth-order valence-corrected chi connectivity index (χ4v) is 7.21. The molecule has 0 radical (unpaired) electrons. The van der Waals surface area contributed by atoms with Crippen molar-refractivity contribution in [3.63, 3.8) is 0 Å². The van der Waals surface area contributed by atoms with Crippen LogP contribution in [0.15, 0.2) is 73.8 Å². The number of esters is 2. The van der Waals surface area contributed by atoms with E-state index >= 15 is 0 Å². The van der Waals surface area contributed by atoms with E-state index in [4.69, 9.17) is 66.0 Å². The van der Waals surface area contributed by atoms with E-state index in [1.807, 2.05) is 60.7 Å². The van der Waals surface area contributed by atoms with Gasteiger partial charge in [0.25, 0.3) is 0 Å². The van der Waals surface area contributed by atoms with E-state index < -0.39 is 7.31 Å². The summed E-state index contributed by atoms with van der Waals surface area (Å²) in [4.78, 5) is 27.6. The Morgan fingerprint density at radius 1 is 0.596 bits per heavy atom. The Morgan fingerprint density at radius 2 is 0.851 bits per heavy atom. The standard InChI is InChI=1S/2C17H21NO2.6ClH.Pt/c2*1-12(13-6-4-3-5-7-13)17(19)20-16-10-14-8-9-15(11-16)18(14)2;;;;;;;/h2*3-7,14-16H,1,8-11H2,2H3;6*1H;/q;;;;;;;;+4/p-4/t2*14-,15+,16?;;;;;;;. The third-order valence-electron chi connectivity index (χ3n) is 9.78. The number of quaternary nitrogens is 2. The molecule has 4 bridgehead atoms. The first-order valence-corrected chi connectivity index (χ1v) is 32.5. The average molecular weight is 953 g/mol. The third kappa shape index (κ3) is 12.8. The molecule has 4 heterocycles. The van der Waals surface area contributed by atoms with Gasteiger partial charge in [-0.1, -0.05) is 73.8 Å². The van der Waals surface area contributed by atoms with Gasteiger partial charge in [0.1, 0.15) is 12.2 Å². The van der Waals surface area contributed by atoms with Crippen LogP contribution < -0.4 is 9.80 Å². The van der Waals surface area contributed by atoms with E-state index in [9.17, 15) is 9.59 Å². The van der Waals surface area contributed by atoms with Gasteiger partial charge >= 0.3 is 75.8 Å². The van der Waals surface area contributed by atoms with E-state index in [0.29, 0.717) is 35.3 Å². The quantitative estimate of drug-likeness (QED) is 0.241. The second-order valence-electron chi connectivity index (χ2n) is 12.8. The van der Waals surface area contributed by atoms with Crippen molar-refractivity contribution in [3.8, 4) is 0 Å². The van der Waals surface area contributed by atoms with Gasteiger partial charge in [0.05, 0.1) is 49.4 Å². The molecule has 4 saturated heterocycles. The van der Waals surface area contributed by atoms with E-state index in [1.165, 1.54) is 25.7 Å². The summed E-state index contributed by atoms with van der Waals surface area (Å²) < 4.78 is 11.4. The van der Waals surface area contributed by atoms with Crippen molar-refractivity contribution in [1.82, 2.24) is 0 Å². The van der Waals surface area contributed by atoms with Crippen LogP contribution in [0.1, 0.15) is 62.5 Å². The molecule has 4 aliphatic rings. The number of hydrogen-bond acceptors (Lipinski definition) is 4. The zero-order chi connectivity index (χ0) is 34.6. The molecule has 0 spiro atoms. The van der Waals surface area contributed by atoms with Gasteiger partial charge in [0, 0.05) is 51.4 Å². The van der Waals surface area contributed by atoms with Gasteiger partial charge in [-0.15, -0.1) is 0 Å². The molecule has 2 N–H and O–H groups in total. The maximum atomic E-state index is 12.2. The van der Waals surface area contributed by atoms with Crippen LogP contribution >= 0.6 is 56.5 Å². The molecule has 4 fully saturated rings. The number of ether oxygens (including phenoxy) is 2. The van der Waals surface area contributed by atoms with E-state index in [1.54, 1.807) is 9.80 Å². The van der Waals surface area contributed by atoms with Crippen LogP contribution in [0.3, 0.4) is 0 Å². The first-order valence-electron chi connectivity index (χ1n) is 15.6. The Kier molecular flexibility index (Phi) is 12.6. The minimum absolute atomic E-state index is 0.0733.